The summed E-state index contributed by atoms with van der Waals surface area (Å²) in [5, 5.41) is 6.68. The van der Waals surface area contributed by atoms with Crippen LogP contribution in [0.15, 0.2) is 35.0 Å². The van der Waals surface area contributed by atoms with E-state index in [1.54, 1.807) is 22.7 Å². The highest BCUT2D eigenvalue weighted by atomic mass is 32.2. The zero-order chi connectivity index (χ0) is 16.4. The molecule has 0 radical (unpaired) electrons. The van der Waals surface area contributed by atoms with Gasteiger partial charge < -0.3 is 10.2 Å². The highest BCUT2D eigenvalue weighted by Crippen LogP contribution is 2.26. The Labute approximate surface area is 143 Å². The van der Waals surface area contributed by atoms with E-state index < -0.39 is 6.04 Å². The summed E-state index contributed by atoms with van der Waals surface area (Å²) < 4.78 is 0. The molecule has 0 spiro atoms. The quantitative estimate of drug-likeness (QED) is 0.925. The molecule has 1 aliphatic heterocycles. The zero-order valence-corrected chi connectivity index (χ0v) is 14.7. The number of thioether (sulfide) groups is 1. The van der Waals surface area contributed by atoms with Gasteiger partial charge in [0, 0.05) is 16.8 Å². The molecule has 4 nitrogen and oxygen atoms in total. The number of hydrogen-bond acceptors (Lipinski definition) is 4. The van der Waals surface area contributed by atoms with Gasteiger partial charge in [0.2, 0.25) is 5.91 Å². The smallest absolute Gasteiger partial charge is 0.256 e. The van der Waals surface area contributed by atoms with Gasteiger partial charge >= 0.3 is 0 Å². The van der Waals surface area contributed by atoms with Crippen molar-refractivity contribution in [3.63, 3.8) is 0 Å². The highest BCUT2D eigenvalue weighted by molar-refractivity contribution is 7.99. The average molecular weight is 346 g/mol. The van der Waals surface area contributed by atoms with Crippen molar-refractivity contribution in [3.05, 3.63) is 51.7 Å². The van der Waals surface area contributed by atoms with Crippen LogP contribution >= 0.6 is 23.1 Å². The Morgan fingerprint density at radius 2 is 2.09 bits per heavy atom. The van der Waals surface area contributed by atoms with Gasteiger partial charge in [-0.05, 0) is 42.5 Å². The van der Waals surface area contributed by atoms with Crippen LogP contribution in [0, 0.1) is 13.8 Å². The second kappa shape index (κ2) is 6.76. The van der Waals surface area contributed by atoms with Gasteiger partial charge in [0.15, 0.2) is 0 Å². The first-order chi connectivity index (χ1) is 11.1. The van der Waals surface area contributed by atoms with Crippen LogP contribution in [0.25, 0.3) is 0 Å². The molecule has 0 saturated carbocycles. The minimum absolute atomic E-state index is 0.0719. The SMILES string of the molecule is Cc1cccc(NC(=O)[C@H]2CSCN2C(=O)c2ccsc2)c1C. The first kappa shape index (κ1) is 16.1. The summed E-state index contributed by atoms with van der Waals surface area (Å²) in [4.78, 5) is 26.8. The summed E-state index contributed by atoms with van der Waals surface area (Å²) in [5.41, 5.74) is 3.66. The van der Waals surface area contributed by atoms with Crippen LogP contribution < -0.4 is 5.32 Å². The summed E-state index contributed by atoms with van der Waals surface area (Å²) in [7, 11) is 0. The van der Waals surface area contributed by atoms with Gasteiger partial charge in [-0.15, -0.1) is 11.8 Å². The number of carbonyl (C=O) groups excluding carboxylic acids is 2. The normalized spacial score (nSPS) is 17.3. The number of nitrogens with zero attached hydrogens (tertiary/aromatic N) is 1. The van der Waals surface area contributed by atoms with Gasteiger partial charge in [-0.25, -0.2) is 0 Å². The van der Waals surface area contributed by atoms with Crippen molar-refractivity contribution in [3.8, 4) is 0 Å². The fraction of sp³-hybridized carbons (Fsp3) is 0.294. The fourth-order valence-electron chi connectivity index (χ4n) is 2.51. The predicted octanol–water partition coefficient (Wildman–Crippen LogP) is 3.52. The molecule has 2 aromatic rings. The standard InChI is InChI=1S/C17H18N2O2S2/c1-11-4-3-5-14(12(11)2)18-16(20)15-9-23-10-19(15)17(21)13-6-7-22-8-13/h3-8,15H,9-10H2,1-2H3,(H,18,20)/t15-/m1/s1. The van der Waals surface area contributed by atoms with Gasteiger partial charge in [0.25, 0.3) is 5.91 Å². The van der Waals surface area contributed by atoms with Crippen LogP contribution in [0.4, 0.5) is 5.69 Å². The van der Waals surface area contributed by atoms with E-state index in [1.165, 1.54) is 11.3 Å². The van der Waals surface area contributed by atoms with Crippen LogP contribution in [0.1, 0.15) is 21.5 Å². The number of thiophene rings is 1. The molecular formula is C17H18N2O2S2. The Hall–Kier alpha value is -1.79. The summed E-state index contributed by atoms with van der Waals surface area (Å²) in [5.74, 6) is 0.997. The number of rotatable bonds is 3. The highest BCUT2D eigenvalue weighted by Gasteiger charge is 2.35. The Bertz CT molecular complexity index is 728. The number of hydrogen-bond donors (Lipinski definition) is 1. The molecule has 1 aromatic carbocycles. The van der Waals surface area contributed by atoms with Crippen LogP contribution in [0.2, 0.25) is 0 Å². The van der Waals surface area contributed by atoms with Gasteiger partial charge in [-0.3, -0.25) is 9.59 Å². The number of amides is 2. The van der Waals surface area contributed by atoms with Crippen LogP contribution in [-0.4, -0.2) is 34.4 Å². The number of aryl methyl sites for hydroxylation is 1. The third kappa shape index (κ3) is 3.28. The molecule has 23 heavy (non-hydrogen) atoms. The maximum Gasteiger partial charge on any atom is 0.256 e. The van der Waals surface area contributed by atoms with Crippen molar-refractivity contribution in [1.29, 1.82) is 0 Å². The van der Waals surface area contributed by atoms with Gasteiger partial charge in [-0.2, -0.15) is 11.3 Å². The average Bonchev–Trinajstić information content (AvgIpc) is 3.21. The molecule has 1 aromatic heterocycles. The van der Waals surface area contributed by atoms with E-state index in [4.69, 9.17) is 0 Å². The maximum absolute atomic E-state index is 12.6. The number of carbonyl (C=O) groups is 2. The van der Waals surface area contributed by atoms with Gasteiger partial charge in [-0.1, -0.05) is 12.1 Å². The lowest BCUT2D eigenvalue weighted by molar-refractivity contribution is -0.119. The van der Waals surface area contributed by atoms with E-state index in [9.17, 15) is 9.59 Å². The molecule has 3 rings (SSSR count). The van der Waals surface area contributed by atoms with Crippen molar-refractivity contribution < 1.29 is 9.59 Å². The Morgan fingerprint density at radius 1 is 1.26 bits per heavy atom. The predicted molar refractivity (Wildman–Crippen MR) is 96.1 cm³/mol. The number of anilines is 1. The van der Waals surface area contributed by atoms with E-state index >= 15 is 0 Å². The van der Waals surface area contributed by atoms with Gasteiger partial charge in [0.1, 0.15) is 6.04 Å². The second-order valence-corrected chi connectivity index (χ2v) is 7.32. The monoisotopic (exact) mass is 346 g/mol. The second-order valence-electron chi connectivity index (χ2n) is 5.54. The Balaban J connectivity index is 1.76. The van der Waals surface area contributed by atoms with E-state index in [2.05, 4.69) is 5.32 Å². The number of benzene rings is 1. The lowest BCUT2D eigenvalue weighted by atomic mass is 10.1. The largest absolute Gasteiger partial charge is 0.324 e. The van der Waals surface area contributed by atoms with E-state index in [0.717, 1.165) is 16.8 Å². The zero-order valence-electron chi connectivity index (χ0n) is 13.0. The molecule has 0 aliphatic carbocycles. The molecule has 1 atom stereocenters. The Morgan fingerprint density at radius 3 is 2.83 bits per heavy atom. The third-order valence-electron chi connectivity index (χ3n) is 4.08. The molecule has 1 N–H and O–H groups in total. The summed E-state index contributed by atoms with van der Waals surface area (Å²) >= 11 is 3.10. The lowest BCUT2D eigenvalue weighted by Crippen LogP contribution is -2.44. The molecule has 6 heteroatoms. The molecule has 0 bridgehead atoms. The first-order valence-corrected chi connectivity index (χ1v) is 9.45. The molecule has 0 unspecified atom stereocenters. The lowest BCUT2D eigenvalue weighted by Gasteiger charge is -2.23. The molecule has 120 valence electrons. The van der Waals surface area contributed by atoms with E-state index in [1.807, 2.05) is 42.8 Å². The van der Waals surface area contributed by atoms with E-state index in [-0.39, 0.29) is 11.8 Å². The van der Waals surface area contributed by atoms with Crippen molar-refractivity contribution in [2.75, 3.05) is 16.9 Å². The van der Waals surface area contributed by atoms with Crippen LogP contribution in [-0.2, 0) is 4.79 Å². The van der Waals surface area contributed by atoms with Gasteiger partial charge in [0.05, 0.1) is 11.4 Å². The molecule has 1 fully saturated rings. The minimum atomic E-state index is -0.424. The first-order valence-electron chi connectivity index (χ1n) is 7.36. The van der Waals surface area contributed by atoms with E-state index in [0.29, 0.717) is 17.2 Å². The molecule has 2 amide bonds. The third-order valence-corrected chi connectivity index (χ3v) is 5.77. The van der Waals surface area contributed by atoms with Crippen molar-refractivity contribution in [2.24, 2.45) is 0 Å². The summed E-state index contributed by atoms with van der Waals surface area (Å²) in [6.45, 7) is 4.01. The Kier molecular flexibility index (Phi) is 4.73. The minimum Gasteiger partial charge on any atom is -0.324 e. The molecule has 1 saturated heterocycles. The van der Waals surface area contributed by atoms with Crippen LogP contribution in [0.5, 0.6) is 0 Å². The number of nitrogens with one attached hydrogen (secondary N) is 1. The topological polar surface area (TPSA) is 49.4 Å². The fourth-order valence-corrected chi connectivity index (χ4v) is 4.30. The van der Waals surface area contributed by atoms with Crippen molar-refractivity contribution in [2.45, 2.75) is 19.9 Å². The molecule has 2 heterocycles. The summed E-state index contributed by atoms with van der Waals surface area (Å²) in [6.07, 6.45) is 0. The molecular weight excluding hydrogens is 328 g/mol. The van der Waals surface area contributed by atoms with Crippen molar-refractivity contribution >= 4 is 40.6 Å². The molecule has 1 aliphatic rings. The maximum atomic E-state index is 12.6. The van der Waals surface area contributed by atoms with Crippen LogP contribution in [0.3, 0.4) is 0 Å². The van der Waals surface area contributed by atoms with Crippen molar-refractivity contribution in [1.82, 2.24) is 4.90 Å². The summed E-state index contributed by atoms with van der Waals surface area (Å²) in [6, 6.07) is 7.22.